The molecular formula is C21H20ClFN2O4. The summed E-state index contributed by atoms with van der Waals surface area (Å²) in [5.41, 5.74) is 1.44. The van der Waals surface area contributed by atoms with Gasteiger partial charge in [-0.05, 0) is 30.7 Å². The molecule has 2 aromatic carbocycles. The molecule has 152 valence electrons. The van der Waals surface area contributed by atoms with Gasteiger partial charge < -0.3 is 19.7 Å². The van der Waals surface area contributed by atoms with Crippen LogP contribution in [0.25, 0.3) is 0 Å². The Morgan fingerprint density at radius 1 is 1.34 bits per heavy atom. The van der Waals surface area contributed by atoms with Crippen LogP contribution in [0.4, 0.5) is 10.1 Å². The average molecular weight is 419 g/mol. The van der Waals surface area contributed by atoms with Crippen LogP contribution in [0.5, 0.6) is 11.5 Å². The van der Waals surface area contributed by atoms with Crippen LogP contribution in [0.15, 0.2) is 30.3 Å². The predicted octanol–water partition coefficient (Wildman–Crippen LogP) is 3.31. The normalized spacial score (nSPS) is 16.2. The van der Waals surface area contributed by atoms with Gasteiger partial charge in [-0.1, -0.05) is 17.7 Å². The minimum atomic E-state index is -0.670. The number of benzene rings is 2. The molecule has 0 radical (unpaired) electrons. The molecule has 0 aliphatic carbocycles. The minimum Gasteiger partial charge on any atom is -0.492 e. The maximum absolute atomic E-state index is 14.4. The number of ketones is 1. The lowest BCUT2D eigenvalue weighted by atomic mass is 9.99. The Labute approximate surface area is 172 Å². The van der Waals surface area contributed by atoms with Gasteiger partial charge in [0.15, 0.2) is 5.78 Å². The van der Waals surface area contributed by atoms with Crippen LogP contribution in [0.2, 0.25) is 5.02 Å². The summed E-state index contributed by atoms with van der Waals surface area (Å²) >= 11 is 6.13. The number of anilines is 1. The van der Waals surface area contributed by atoms with E-state index in [0.717, 1.165) is 11.6 Å². The van der Waals surface area contributed by atoms with Crippen molar-refractivity contribution in [2.45, 2.75) is 6.92 Å². The zero-order valence-electron chi connectivity index (χ0n) is 15.8. The third-order valence-corrected chi connectivity index (χ3v) is 5.28. The summed E-state index contributed by atoms with van der Waals surface area (Å²) in [7, 11) is 0. The first kappa shape index (κ1) is 19.5. The van der Waals surface area contributed by atoms with Crippen molar-refractivity contribution in [3.63, 3.8) is 0 Å². The van der Waals surface area contributed by atoms with E-state index in [1.165, 1.54) is 6.07 Å². The fourth-order valence-electron chi connectivity index (χ4n) is 3.32. The summed E-state index contributed by atoms with van der Waals surface area (Å²) in [6.45, 7) is 3.29. The van der Waals surface area contributed by atoms with Crippen molar-refractivity contribution < 1.29 is 23.5 Å². The van der Waals surface area contributed by atoms with Crippen LogP contribution in [0.3, 0.4) is 0 Å². The molecule has 2 aliphatic heterocycles. The van der Waals surface area contributed by atoms with Crippen molar-refractivity contribution in [1.29, 1.82) is 0 Å². The molecule has 0 bridgehead atoms. The van der Waals surface area contributed by atoms with Gasteiger partial charge in [-0.3, -0.25) is 9.59 Å². The van der Waals surface area contributed by atoms with E-state index in [0.29, 0.717) is 36.2 Å². The van der Waals surface area contributed by atoms with Crippen molar-refractivity contribution in [1.82, 2.24) is 4.90 Å². The predicted molar refractivity (Wildman–Crippen MR) is 106 cm³/mol. The number of carbonyl (C=O) groups excluding carboxylic acids is 2. The average Bonchev–Trinajstić information content (AvgIpc) is 2.83. The lowest BCUT2D eigenvalue weighted by Gasteiger charge is -2.39. The standard InChI is InChI=1S/C21H20ClFN2O4/c1-12-2-3-16(22)19(4-12)28-10-13-8-25(9-13)21(27)15-5-18-20(6-17(15)23)29-11-14(26)7-24-18/h2-6,13,24H,7-11H2,1H3. The highest BCUT2D eigenvalue weighted by Crippen LogP contribution is 2.32. The van der Waals surface area contributed by atoms with Crippen LogP contribution >= 0.6 is 11.6 Å². The highest BCUT2D eigenvalue weighted by molar-refractivity contribution is 6.32. The van der Waals surface area contributed by atoms with Crippen LogP contribution in [-0.2, 0) is 4.79 Å². The Morgan fingerprint density at radius 3 is 2.93 bits per heavy atom. The molecule has 2 heterocycles. The van der Waals surface area contributed by atoms with Crippen LogP contribution < -0.4 is 14.8 Å². The second kappa shape index (κ2) is 7.91. The van der Waals surface area contributed by atoms with Crippen LogP contribution in [-0.4, -0.2) is 49.4 Å². The van der Waals surface area contributed by atoms with Gasteiger partial charge in [-0.25, -0.2) is 4.39 Å². The number of likely N-dealkylation sites (tertiary alicyclic amines) is 1. The molecule has 0 atom stereocenters. The van der Waals surface area contributed by atoms with Gasteiger partial charge in [-0.2, -0.15) is 0 Å². The van der Waals surface area contributed by atoms with E-state index in [4.69, 9.17) is 21.1 Å². The van der Waals surface area contributed by atoms with Gasteiger partial charge in [0, 0.05) is 25.1 Å². The molecule has 2 aromatic rings. The second-order valence-corrected chi connectivity index (χ2v) is 7.74. The minimum absolute atomic E-state index is 0.0460. The molecule has 8 heteroatoms. The molecule has 0 unspecified atom stereocenters. The van der Waals surface area contributed by atoms with E-state index < -0.39 is 11.7 Å². The number of fused-ring (bicyclic) bond motifs is 1. The van der Waals surface area contributed by atoms with Gasteiger partial charge in [0.1, 0.15) is 23.9 Å². The second-order valence-electron chi connectivity index (χ2n) is 7.33. The van der Waals surface area contributed by atoms with Gasteiger partial charge in [0.25, 0.3) is 5.91 Å². The first-order chi connectivity index (χ1) is 13.9. The highest BCUT2D eigenvalue weighted by atomic mass is 35.5. The molecule has 0 aromatic heterocycles. The Balaban J connectivity index is 1.37. The van der Waals surface area contributed by atoms with Gasteiger partial charge >= 0.3 is 0 Å². The topological polar surface area (TPSA) is 67.9 Å². The number of rotatable bonds is 4. The highest BCUT2D eigenvalue weighted by Gasteiger charge is 2.33. The van der Waals surface area contributed by atoms with Crippen LogP contribution in [0.1, 0.15) is 15.9 Å². The number of nitrogens with one attached hydrogen (secondary N) is 1. The zero-order valence-corrected chi connectivity index (χ0v) is 16.6. The molecule has 1 saturated heterocycles. The Morgan fingerprint density at radius 2 is 2.14 bits per heavy atom. The summed E-state index contributed by atoms with van der Waals surface area (Å²) in [4.78, 5) is 25.7. The van der Waals surface area contributed by atoms with E-state index in [1.807, 2.05) is 19.1 Å². The molecule has 2 aliphatic rings. The van der Waals surface area contributed by atoms with Crippen molar-refractivity contribution >= 4 is 29.0 Å². The number of nitrogens with zero attached hydrogens (tertiary/aromatic N) is 1. The van der Waals surface area contributed by atoms with Gasteiger partial charge in [0.2, 0.25) is 0 Å². The number of aryl methyl sites for hydroxylation is 1. The third-order valence-electron chi connectivity index (χ3n) is 4.97. The molecule has 4 rings (SSSR count). The summed E-state index contributed by atoms with van der Waals surface area (Å²) in [5, 5.41) is 3.43. The smallest absolute Gasteiger partial charge is 0.256 e. The van der Waals surface area contributed by atoms with E-state index in [2.05, 4.69) is 5.32 Å². The van der Waals surface area contributed by atoms with E-state index >= 15 is 0 Å². The van der Waals surface area contributed by atoms with Gasteiger partial charge in [0.05, 0.1) is 29.4 Å². The zero-order chi connectivity index (χ0) is 20.5. The number of carbonyl (C=O) groups is 2. The fraction of sp³-hybridized carbons (Fsp3) is 0.333. The lowest BCUT2D eigenvalue weighted by Crippen LogP contribution is -2.52. The molecule has 6 nitrogen and oxygen atoms in total. The molecule has 1 N–H and O–H groups in total. The third kappa shape index (κ3) is 4.15. The molecule has 0 saturated carbocycles. The van der Waals surface area contributed by atoms with Gasteiger partial charge in [-0.15, -0.1) is 0 Å². The molecule has 1 fully saturated rings. The monoisotopic (exact) mass is 418 g/mol. The van der Waals surface area contributed by atoms with Crippen molar-refractivity contribution in [3.8, 4) is 11.5 Å². The Kier molecular flexibility index (Phi) is 5.32. The number of Topliss-reactive ketones (excluding diaryl/α,β-unsaturated/α-hetero) is 1. The quantitative estimate of drug-likeness (QED) is 0.825. The fourth-order valence-corrected chi connectivity index (χ4v) is 3.49. The van der Waals surface area contributed by atoms with Crippen molar-refractivity contribution in [3.05, 3.63) is 52.3 Å². The molecule has 29 heavy (non-hydrogen) atoms. The first-order valence-electron chi connectivity index (χ1n) is 9.31. The molecule has 0 spiro atoms. The summed E-state index contributed by atoms with van der Waals surface area (Å²) in [5.74, 6) is -0.209. The van der Waals surface area contributed by atoms with Crippen molar-refractivity contribution in [2.75, 3.05) is 38.2 Å². The number of halogens is 2. The summed E-state index contributed by atoms with van der Waals surface area (Å²) in [6, 6.07) is 8.12. The molecule has 1 amide bonds. The summed E-state index contributed by atoms with van der Waals surface area (Å²) < 4.78 is 25.5. The summed E-state index contributed by atoms with van der Waals surface area (Å²) in [6.07, 6.45) is 0. The number of ether oxygens (including phenoxy) is 2. The van der Waals surface area contributed by atoms with E-state index in [1.54, 1.807) is 11.0 Å². The number of hydrogen-bond donors (Lipinski definition) is 1. The lowest BCUT2D eigenvalue weighted by molar-refractivity contribution is -0.119. The van der Waals surface area contributed by atoms with E-state index in [9.17, 15) is 14.0 Å². The number of hydrogen-bond acceptors (Lipinski definition) is 5. The Hall–Kier alpha value is -2.80. The number of amides is 1. The molecular weight excluding hydrogens is 399 g/mol. The van der Waals surface area contributed by atoms with E-state index in [-0.39, 0.29) is 36.2 Å². The Bertz CT molecular complexity index is 975. The maximum atomic E-state index is 14.4. The maximum Gasteiger partial charge on any atom is 0.256 e. The SMILES string of the molecule is Cc1ccc(Cl)c(OCC2CN(C(=O)c3cc4c(cc3F)OCC(=O)CN4)C2)c1. The van der Waals surface area contributed by atoms with Crippen LogP contribution in [0, 0.1) is 18.7 Å². The first-order valence-corrected chi connectivity index (χ1v) is 9.68. The van der Waals surface area contributed by atoms with Crippen molar-refractivity contribution in [2.24, 2.45) is 5.92 Å². The largest absolute Gasteiger partial charge is 0.492 e.